The van der Waals surface area contributed by atoms with Crippen LogP contribution in [0.2, 0.25) is 0 Å². The predicted molar refractivity (Wildman–Crippen MR) is 80.8 cm³/mol. The average molecular weight is 287 g/mol. The van der Waals surface area contributed by atoms with Gasteiger partial charge in [-0.2, -0.15) is 5.26 Å². The Bertz CT molecular complexity index is 555. The molecule has 0 heterocycles. The van der Waals surface area contributed by atoms with Crippen molar-refractivity contribution < 1.29 is 9.59 Å². The molecule has 0 fully saturated rings. The third-order valence-electron chi connectivity index (χ3n) is 3.08. The van der Waals surface area contributed by atoms with Gasteiger partial charge in [0.2, 0.25) is 5.91 Å². The highest BCUT2D eigenvalue weighted by molar-refractivity contribution is 5.99. The normalized spacial score (nSPS) is 9.95. The summed E-state index contributed by atoms with van der Waals surface area (Å²) >= 11 is 0. The van der Waals surface area contributed by atoms with Gasteiger partial charge in [-0.1, -0.05) is 13.8 Å². The van der Waals surface area contributed by atoms with Crippen molar-refractivity contribution in [1.82, 2.24) is 4.90 Å². The maximum Gasteiger partial charge on any atom is 0.253 e. The summed E-state index contributed by atoms with van der Waals surface area (Å²) in [5, 5.41) is 8.79. The van der Waals surface area contributed by atoms with E-state index in [0.717, 1.165) is 12.8 Å². The highest BCUT2D eigenvalue weighted by Gasteiger charge is 2.16. The van der Waals surface area contributed by atoms with Gasteiger partial charge in [0, 0.05) is 24.2 Å². The lowest BCUT2D eigenvalue weighted by atomic mass is 10.0. The van der Waals surface area contributed by atoms with Crippen molar-refractivity contribution >= 4 is 11.8 Å². The van der Waals surface area contributed by atoms with Crippen LogP contribution in [0.5, 0.6) is 0 Å². The summed E-state index contributed by atoms with van der Waals surface area (Å²) in [6.07, 6.45) is 1.88. The van der Waals surface area contributed by atoms with Crippen LogP contribution in [0.4, 0.5) is 0 Å². The molecule has 0 aliphatic heterocycles. The summed E-state index contributed by atoms with van der Waals surface area (Å²) in [4.78, 5) is 25.7. The number of nitrogens with two attached hydrogens (primary N) is 1. The molecule has 5 heteroatoms. The quantitative estimate of drug-likeness (QED) is 0.833. The van der Waals surface area contributed by atoms with Gasteiger partial charge in [0.1, 0.15) is 0 Å². The minimum Gasteiger partial charge on any atom is -0.366 e. The van der Waals surface area contributed by atoms with E-state index in [4.69, 9.17) is 11.0 Å². The van der Waals surface area contributed by atoms with Crippen LogP contribution in [-0.4, -0.2) is 29.8 Å². The summed E-state index contributed by atoms with van der Waals surface area (Å²) < 4.78 is 0. The fraction of sp³-hybridized carbons (Fsp3) is 0.438. The summed E-state index contributed by atoms with van der Waals surface area (Å²) in [5.74, 6) is -0.720. The van der Waals surface area contributed by atoms with Gasteiger partial charge in [0.25, 0.3) is 5.91 Å². The molecule has 0 aromatic heterocycles. The maximum absolute atomic E-state index is 12.5. The van der Waals surface area contributed by atoms with E-state index in [9.17, 15) is 9.59 Å². The van der Waals surface area contributed by atoms with Crippen molar-refractivity contribution in [3.05, 3.63) is 34.9 Å². The molecule has 112 valence electrons. The Morgan fingerprint density at radius 1 is 1.14 bits per heavy atom. The van der Waals surface area contributed by atoms with Gasteiger partial charge in [-0.15, -0.1) is 0 Å². The van der Waals surface area contributed by atoms with Crippen molar-refractivity contribution in [1.29, 1.82) is 5.26 Å². The largest absolute Gasteiger partial charge is 0.366 e. The first-order valence-electron chi connectivity index (χ1n) is 7.13. The van der Waals surface area contributed by atoms with Crippen LogP contribution in [-0.2, 0) is 6.42 Å². The second-order valence-electron chi connectivity index (χ2n) is 4.91. The second-order valence-corrected chi connectivity index (χ2v) is 4.91. The third kappa shape index (κ3) is 4.60. The molecule has 2 N–H and O–H groups in total. The Morgan fingerprint density at radius 3 is 2.19 bits per heavy atom. The topological polar surface area (TPSA) is 87.2 Å². The fourth-order valence-corrected chi connectivity index (χ4v) is 2.19. The summed E-state index contributed by atoms with van der Waals surface area (Å²) in [6, 6.07) is 6.75. The Kier molecular flexibility index (Phi) is 6.41. The molecule has 0 saturated heterocycles. The van der Waals surface area contributed by atoms with Gasteiger partial charge in [0.15, 0.2) is 0 Å². The van der Waals surface area contributed by atoms with Crippen molar-refractivity contribution in [3.8, 4) is 6.07 Å². The number of rotatable bonds is 7. The number of hydrogen-bond donors (Lipinski definition) is 1. The van der Waals surface area contributed by atoms with Crippen molar-refractivity contribution in [2.75, 3.05) is 13.1 Å². The zero-order valence-corrected chi connectivity index (χ0v) is 12.6. The Labute approximate surface area is 125 Å². The van der Waals surface area contributed by atoms with E-state index in [0.29, 0.717) is 24.2 Å². The number of nitriles is 1. The highest BCUT2D eigenvalue weighted by atomic mass is 16.2. The molecule has 0 saturated carbocycles. The summed E-state index contributed by atoms with van der Waals surface area (Å²) in [6.45, 7) is 5.36. The minimum atomic E-state index is -0.596. The van der Waals surface area contributed by atoms with Gasteiger partial charge in [-0.25, -0.2) is 0 Å². The molecule has 0 atom stereocenters. The second kappa shape index (κ2) is 8.05. The lowest BCUT2D eigenvalue weighted by molar-refractivity contribution is 0.0755. The van der Waals surface area contributed by atoms with Gasteiger partial charge >= 0.3 is 0 Å². The molecule has 2 amide bonds. The molecular formula is C16H21N3O2. The Hall–Kier alpha value is -2.35. The molecule has 0 aliphatic rings. The number of benzene rings is 1. The van der Waals surface area contributed by atoms with E-state index >= 15 is 0 Å². The number of carbonyl (C=O) groups excluding carboxylic acids is 2. The molecule has 0 aliphatic carbocycles. The summed E-state index contributed by atoms with van der Waals surface area (Å²) in [7, 11) is 0. The van der Waals surface area contributed by atoms with Crippen LogP contribution in [0.25, 0.3) is 0 Å². The highest BCUT2D eigenvalue weighted by Crippen LogP contribution is 2.14. The van der Waals surface area contributed by atoms with Crippen LogP contribution < -0.4 is 5.73 Å². The average Bonchev–Trinajstić information content (AvgIpc) is 2.46. The lowest BCUT2D eigenvalue weighted by Crippen LogP contribution is -2.32. The van der Waals surface area contributed by atoms with Gasteiger partial charge in [0.05, 0.1) is 12.5 Å². The molecule has 0 spiro atoms. The zero-order chi connectivity index (χ0) is 15.8. The smallest absolute Gasteiger partial charge is 0.253 e. The van der Waals surface area contributed by atoms with Crippen LogP contribution in [0.3, 0.4) is 0 Å². The molecule has 1 aromatic rings. The number of carbonyl (C=O) groups is 2. The number of nitrogens with zero attached hydrogens (tertiary/aromatic N) is 2. The number of hydrogen-bond acceptors (Lipinski definition) is 3. The van der Waals surface area contributed by atoms with Crippen molar-refractivity contribution in [2.24, 2.45) is 5.73 Å². The van der Waals surface area contributed by atoms with Crippen LogP contribution in [0.15, 0.2) is 18.2 Å². The van der Waals surface area contributed by atoms with Crippen molar-refractivity contribution in [2.45, 2.75) is 33.1 Å². The van der Waals surface area contributed by atoms with Gasteiger partial charge in [-0.05, 0) is 36.6 Å². The first-order chi connectivity index (χ1) is 10.0. The minimum absolute atomic E-state index is 0.124. The maximum atomic E-state index is 12.5. The molecule has 0 bridgehead atoms. The standard InChI is InChI=1S/C16H21N3O2/c1-3-7-19(8-4-2)16(21)14-10-12(5-6-17)9-13(11-14)15(18)20/h9-11H,3-5,7-8H2,1-2H3,(H2,18,20). The van der Waals surface area contributed by atoms with E-state index in [2.05, 4.69) is 0 Å². The molecule has 1 aromatic carbocycles. The molecule has 0 unspecified atom stereocenters. The first kappa shape index (κ1) is 16.7. The van der Waals surface area contributed by atoms with Crippen LogP contribution >= 0.6 is 0 Å². The zero-order valence-electron chi connectivity index (χ0n) is 12.6. The Morgan fingerprint density at radius 2 is 1.71 bits per heavy atom. The molecule has 21 heavy (non-hydrogen) atoms. The van der Waals surface area contributed by atoms with E-state index in [1.165, 1.54) is 6.07 Å². The molecule has 0 radical (unpaired) electrons. The number of primary amides is 1. The van der Waals surface area contributed by atoms with Crippen LogP contribution in [0.1, 0.15) is 53.0 Å². The summed E-state index contributed by atoms with van der Waals surface area (Å²) in [5.41, 5.74) is 6.60. The SMILES string of the molecule is CCCN(CCC)C(=O)c1cc(CC#N)cc(C(N)=O)c1. The van der Waals surface area contributed by atoms with Crippen LogP contribution in [0, 0.1) is 11.3 Å². The lowest BCUT2D eigenvalue weighted by Gasteiger charge is -2.22. The monoisotopic (exact) mass is 287 g/mol. The molecule has 1 rings (SSSR count). The third-order valence-corrected chi connectivity index (χ3v) is 3.08. The number of amides is 2. The predicted octanol–water partition coefficient (Wildman–Crippen LogP) is 2.11. The van der Waals surface area contributed by atoms with E-state index in [1.807, 2.05) is 19.9 Å². The fourth-order valence-electron chi connectivity index (χ4n) is 2.19. The van der Waals surface area contributed by atoms with E-state index < -0.39 is 5.91 Å². The molecular weight excluding hydrogens is 266 g/mol. The Balaban J connectivity index is 3.17. The van der Waals surface area contributed by atoms with Gasteiger partial charge < -0.3 is 10.6 Å². The molecule has 5 nitrogen and oxygen atoms in total. The van der Waals surface area contributed by atoms with Crippen molar-refractivity contribution in [3.63, 3.8) is 0 Å². The van der Waals surface area contributed by atoms with Gasteiger partial charge in [-0.3, -0.25) is 9.59 Å². The first-order valence-corrected chi connectivity index (χ1v) is 7.13. The van der Waals surface area contributed by atoms with E-state index in [-0.39, 0.29) is 17.9 Å². The van der Waals surface area contributed by atoms with E-state index in [1.54, 1.807) is 17.0 Å².